The molecule has 0 bridgehead atoms. The molecule has 0 spiro atoms. The van der Waals surface area contributed by atoms with E-state index in [1.165, 1.54) is 14.0 Å². The molecule has 26 heavy (non-hydrogen) atoms. The smallest absolute Gasteiger partial charge is 0.249 e. The number of hydrogen-bond acceptors (Lipinski definition) is 7. The van der Waals surface area contributed by atoms with Crippen LogP contribution in [-0.4, -0.2) is 37.4 Å². The van der Waals surface area contributed by atoms with Crippen molar-refractivity contribution >= 4 is 5.91 Å². The van der Waals surface area contributed by atoms with E-state index in [0.29, 0.717) is 34.5 Å². The molecule has 0 aliphatic carbocycles. The molecule has 2 unspecified atom stereocenters. The first-order valence-corrected chi connectivity index (χ1v) is 8.36. The Bertz CT molecular complexity index is 734. The Balaban J connectivity index is 2.43. The zero-order chi connectivity index (χ0) is 19.3. The minimum atomic E-state index is -0.346. The van der Waals surface area contributed by atoms with Gasteiger partial charge in [-0.15, -0.1) is 0 Å². The first-order valence-electron chi connectivity index (χ1n) is 8.36. The fraction of sp³-hybridized carbons (Fsp3) is 0.500. The lowest BCUT2D eigenvalue weighted by Crippen LogP contribution is -2.30. The fourth-order valence-electron chi connectivity index (χ4n) is 2.59. The van der Waals surface area contributed by atoms with Gasteiger partial charge in [0, 0.05) is 12.5 Å². The minimum absolute atomic E-state index is 0.145. The maximum absolute atomic E-state index is 11.5. The SMILES string of the molecule is CCC(C)C(NC(C)=O)c1nc(-c2cc(OC)c(OC)c(OC)c2)no1. The van der Waals surface area contributed by atoms with Gasteiger partial charge in [0.25, 0.3) is 0 Å². The number of nitrogens with zero attached hydrogens (tertiary/aromatic N) is 2. The summed E-state index contributed by atoms with van der Waals surface area (Å²) in [6.45, 7) is 5.52. The molecule has 0 fully saturated rings. The first-order chi connectivity index (χ1) is 12.4. The Hall–Kier alpha value is -2.77. The molecule has 8 nitrogen and oxygen atoms in total. The van der Waals surface area contributed by atoms with Crippen molar-refractivity contribution in [2.24, 2.45) is 5.92 Å². The normalized spacial score (nSPS) is 13.0. The van der Waals surface area contributed by atoms with E-state index in [9.17, 15) is 4.79 Å². The van der Waals surface area contributed by atoms with E-state index >= 15 is 0 Å². The summed E-state index contributed by atoms with van der Waals surface area (Å²) in [6, 6.07) is 3.14. The van der Waals surface area contributed by atoms with Gasteiger partial charge in [-0.2, -0.15) is 4.98 Å². The summed E-state index contributed by atoms with van der Waals surface area (Å²) in [5.41, 5.74) is 0.653. The molecule has 142 valence electrons. The number of benzene rings is 1. The molecule has 1 aromatic heterocycles. The Morgan fingerprint density at radius 1 is 1.19 bits per heavy atom. The summed E-state index contributed by atoms with van der Waals surface area (Å²) in [5.74, 6) is 2.20. The van der Waals surface area contributed by atoms with Crippen molar-refractivity contribution in [1.82, 2.24) is 15.5 Å². The second kappa shape index (κ2) is 8.55. The highest BCUT2D eigenvalue weighted by Gasteiger charge is 2.26. The van der Waals surface area contributed by atoms with E-state index in [4.69, 9.17) is 18.7 Å². The molecule has 0 aliphatic heterocycles. The van der Waals surface area contributed by atoms with Crippen molar-refractivity contribution in [3.05, 3.63) is 18.0 Å². The Morgan fingerprint density at radius 2 is 1.81 bits per heavy atom. The molecule has 8 heteroatoms. The van der Waals surface area contributed by atoms with Gasteiger partial charge in [0.1, 0.15) is 6.04 Å². The standard InChI is InChI=1S/C18H25N3O5/c1-7-10(2)15(19-11(3)22)18-20-17(21-26-18)12-8-13(23-4)16(25-6)14(9-12)24-5/h8-10,15H,7H2,1-6H3,(H,19,22). The van der Waals surface area contributed by atoms with Gasteiger partial charge in [0.15, 0.2) is 11.5 Å². The third-order valence-electron chi connectivity index (χ3n) is 4.20. The van der Waals surface area contributed by atoms with Crippen molar-refractivity contribution in [1.29, 1.82) is 0 Å². The molecule has 0 saturated carbocycles. The highest BCUT2D eigenvalue weighted by Crippen LogP contribution is 2.40. The van der Waals surface area contributed by atoms with Gasteiger partial charge in [-0.25, -0.2) is 0 Å². The van der Waals surface area contributed by atoms with Crippen LogP contribution in [0.4, 0.5) is 0 Å². The van der Waals surface area contributed by atoms with Crippen LogP contribution in [0.2, 0.25) is 0 Å². The highest BCUT2D eigenvalue weighted by molar-refractivity contribution is 5.73. The maximum Gasteiger partial charge on any atom is 0.249 e. The van der Waals surface area contributed by atoms with Gasteiger partial charge < -0.3 is 24.1 Å². The Morgan fingerprint density at radius 3 is 2.27 bits per heavy atom. The zero-order valence-electron chi connectivity index (χ0n) is 16.0. The largest absolute Gasteiger partial charge is 0.493 e. The highest BCUT2D eigenvalue weighted by atomic mass is 16.5. The quantitative estimate of drug-likeness (QED) is 0.770. The summed E-state index contributed by atoms with van der Waals surface area (Å²) in [5, 5.41) is 6.92. The predicted molar refractivity (Wildman–Crippen MR) is 95.4 cm³/mol. The molecule has 2 rings (SSSR count). The van der Waals surface area contributed by atoms with Crippen LogP contribution in [-0.2, 0) is 4.79 Å². The van der Waals surface area contributed by atoms with Crippen LogP contribution in [0.15, 0.2) is 16.7 Å². The molecule has 2 aromatic rings. The second-order valence-electron chi connectivity index (χ2n) is 5.93. The van der Waals surface area contributed by atoms with Gasteiger partial charge in [-0.1, -0.05) is 25.4 Å². The topological polar surface area (TPSA) is 95.7 Å². The summed E-state index contributed by atoms with van der Waals surface area (Å²) >= 11 is 0. The zero-order valence-corrected chi connectivity index (χ0v) is 16.0. The average molecular weight is 363 g/mol. The number of ether oxygens (including phenoxy) is 3. The Labute approximate surface area is 152 Å². The van der Waals surface area contributed by atoms with E-state index in [1.807, 2.05) is 13.8 Å². The van der Waals surface area contributed by atoms with Crippen molar-refractivity contribution in [2.45, 2.75) is 33.2 Å². The van der Waals surface area contributed by atoms with Crippen LogP contribution in [0.3, 0.4) is 0 Å². The summed E-state index contributed by atoms with van der Waals surface area (Å²) in [7, 11) is 4.62. The number of hydrogen-bond donors (Lipinski definition) is 1. The van der Waals surface area contributed by atoms with Gasteiger partial charge >= 0.3 is 0 Å². The number of carbonyl (C=O) groups is 1. The summed E-state index contributed by atoms with van der Waals surface area (Å²) in [6.07, 6.45) is 0.854. The van der Waals surface area contributed by atoms with Crippen molar-refractivity contribution in [3.8, 4) is 28.6 Å². The molecular weight excluding hydrogens is 338 g/mol. The first kappa shape index (κ1) is 19.6. The van der Waals surface area contributed by atoms with Gasteiger partial charge in [-0.05, 0) is 18.1 Å². The fourth-order valence-corrected chi connectivity index (χ4v) is 2.59. The molecule has 0 aliphatic rings. The molecule has 1 heterocycles. The number of methoxy groups -OCH3 is 3. The molecule has 1 N–H and O–H groups in total. The van der Waals surface area contributed by atoms with E-state index in [0.717, 1.165) is 6.42 Å². The average Bonchev–Trinajstić information content (AvgIpc) is 3.13. The molecule has 1 aromatic carbocycles. The third kappa shape index (κ3) is 4.07. The molecule has 0 radical (unpaired) electrons. The van der Waals surface area contributed by atoms with Crippen LogP contribution in [0.25, 0.3) is 11.4 Å². The molecule has 2 atom stereocenters. The summed E-state index contributed by atoms with van der Waals surface area (Å²) < 4.78 is 21.5. The van der Waals surface area contributed by atoms with E-state index in [1.54, 1.807) is 26.4 Å². The molecule has 0 saturated heterocycles. The van der Waals surface area contributed by atoms with E-state index in [-0.39, 0.29) is 17.9 Å². The van der Waals surface area contributed by atoms with Crippen molar-refractivity contribution in [3.63, 3.8) is 0 Å². The minimum Gasteiger partial charge on any atom is -0.493 e. The van der Waals surface area contributed by atoms with Crippen molar-refractivity contribution < 1.29 is 23.5 Å². The van der Waals surface area contributed by atoms with Gasteiger partial charge in [-0.3, -0.25) is 4.79 Å². The maximum atomic E-state index is 11.5. The van der Waals surface area contributed by atoms with Crippen LogP contribution in [0.1, 0.15) is 39.1 Å². The van der Waals surface area contributed by atoms with E-state index < -0.39 is 0 Å². The second-order valence-corrected chi connectivity index (χ2v) is 5.93. The number of aromatic nitrogens is 2. The third-order valence-corrected chi connectivity index (χ3v) is 4.20. The van der Waals surface area contributed by atoms with Crippen LogP contribution in [0.5, 0.6) is 17.2 Å². The molecular formula is C18H25N3O5. The Kier molecular flexibility index (Phi) is 6.43. The monoisotopic (exact) mass is 363 g/mol. The molecule has 1 amide bonds. The van der Waals surface area contributed by atoms with Gasteiger partial charge in [0.2, 0.25) is 23.4 Å². The number of rotatable bonds is 8. The van der Waals surface area contributed by atoms with Gasteiger partial charge in [0.05, 0.1) is 21.3 Å². The number of amides is 1. The predicted octanol–water partition coefficient (Wildman–Crippen LogP) is 2.99. The number of nitrogens with one attached hydrogen (secondary N) is 1. The number of carbonyl (C=O) groups excluding carboxylic acids is 1. The lowest BCUT2D eigenvalue weighted by Gasteiger charge is -2.19. The van der Waals surface area contributed by atoms with Crippen LogP contribution < -0.4 is 19.5 Å². The lowest BCUT2D eigenvalue weighted by atomic mass is 9.99. The van der Waals surface area contributed by atoms with Crippen molar-refractivity contribution in [2.75, 3.05) is 21.3 Å². The summed E-state index contributed by atoms with van der Waals surface area (Å²) in [4.78, 5) is 16.0. The van der Waals surface area contributed by atoms with Crippen LogP contribution >= 0.6 is 0 Å². The van der Waals surface area contributed by atoms with E-state index in [2.05, 4.69) is 15.5 Å². The lowest BCUT2D eigenvalue weighted by molar-refractivity contribution is -0.120. The van der Waals surface area contributed by atoms with Crippen LogP contribution in [0, 0.1) is 5.92 Å².